The van der Waals surface area contributed by atoms with Crippen LogP contribution in [-0.4, -0.2) is 11.9 Å². The summed E-state index contributed by atoms with van der Waals surface area (Å²) in [5, 5.41) is 0. The molecule has 37 heavy (non-hydrogen) atoms. The predicted octanol–water partition coefficient (Wildman–Crippen LogP) is 7.27. The van der Waals surface area contributed by atoms with E-state index < -0.39 is 11.9 Å². The summed E-state index contributed by atoms with van der Waals surface area (Å²) in [4.78, 5) is 25.0. The first-order chi connectivity index (χ1) is 18.1. The lowest BCUT2D eigenvalue weighted by Crippen LogP contribution is -2.10. The number of rotatable bonds is 10. The molecule has 184 valence electrons. The molecule has 6 heteroatoms. The second-order valence-electron chi connectivity index (χ2n) is 7.84. The number of nitrogens with zero attached hydrogens (tertiary/aromatic N) is 1. The molecule has 0 saturated carbocycles. The summed E-state index contributed by atoms with van der Waals surface area (Å²) in [6.07, 6.45) is 2.25. The van der Waals surface area contributed by atoms with E-state index in [1.54, 1.807) is 12.1 Å². The van der Waals surface area contributed by atoms with Crippen LogP contribution < -0.4 is 14.4 Å². The van der Waals surface area contributed by atoms with E-state index in [9.17, 15) is 9.59 Å². The van der Waals surface area contributed by atoms with Crippen LogP contribution in [0.15, 0.2) is 128 Å². The Morgan fingerprint density at radius 2 is 1.11 bits per heavy atom. The zero-order valence-corrected chi connectivity index (χ0v) is 20.1. The summed E-state index contributed by atoms with van der Waals surface area (Å²) in [6, 6.07) is 32.1. The number of esters is 2. The minimum Gasteiger partial charge on any atom is -0.458 e. The molecule has 0 fully saturated rings. The quantitative estimate of drug-likeness (QED) is 0.132. The molecular formula is C31H25NO5. The van der Waals surface area contributed by atoms with Crippen LogP contribution in [0.3, 0.4) is 0 Å². The zero-order chi connectivity index (χ0) is 26.0. The molecule has 4 rings (SSSR count). The largest absolute Gasteiger partial charge is 0.458 e. The van der Waals surface area contributed by atoms with Gasteiger partial charge in [-0.15, -0.1) is 0 Å². The van der Waals surface area contributed by atoms with Gasteiger partial charge in [0.25, 0.3) is 0 Å². The van der Waals surface area contributed by atoms with E-state index >= 15 is 0 Å². The van der Waals surface area contributed by atoms with Gasteiger partial charge in [-0.3, -0.25) is 0 Å². The molecule has 4 aromatic carbocycles. The van der Waals surface area contributed by atoms with Gasteiger partial charge in [0.1, 0.15) is 23.9 Å². The van der Waals surface area contributed by atoms with Crippen molar-refractivity contribution in [2.75, 3.05) is 4.90 Å². The molecule has 0 aromatic heterocycles. The number of para-hydroxylation sites is 1. The summed E-state index contributed by atoms with van der Waals surface area (Å²) in [7, 11) is 0. The molecule has 0 aliphatic carbocycles. The number of carbonyl (C=O) groups excluding carboxylic acids is 2. The lowest BCUT2D eigenvalue weighted by Gasteiger charge is -2.26. The molecule has 0 spiro atoms. The van der Waals surface area contributed by atoms with Gasteiger partial charge in [-0.2, -0.15) is 0 Å². The van der Waals surface area contributed by atoms with Crippen molar-refractivity contribution in [3.63, 3.8) is 0 Å². The maximum Gasteiger partial charge on any atom is 0.335 e. The van der Waals surface area contributed by atoms with Crippen LogP contribution in [0.25, 0.3) is 0 Å². The third-order valence-corrected chi connectivity index (χ3v) is 5.30. The van der Waals surface area contributed by atoms with Crippen molar-refractivity contribution in [2.24, 2.45) is 0 Å². The summed E-state index contributed by atoms with van der Waals surface area (Å²) in [5.41, 5.74) is 3.46. The smallest absolute Gasteiger partial charge is 0.335 e. The van der Waals surface area contributed by atoms with Crippen molar-refractivity contribution in [3.8, 4) is 17.2 Å². The van der Waals surface area contributed by atoms with E-state index in [1.807, 2.05) is 95.9 Å². The molecule has 0 heterocycles. The Labute approximate surface area is 215 Å². The number of ether oxygens (including phenoxy) is 3. The van der Waals surface area contributed by atoms with Gasteiger partial charge in [0.05, 0.1) is 0 Å². The minimum atomic E-state index is -0.522. The van der Waals surface area contributed by atoms with Crippen LogP contribution in [0.4, 0.5) is 17.1 Å². The first-order valence-electron chi connectivity index (χ1n) is 11.5. The molecule has 0 unspecified atom stereocenters. The van der Waals surface area contributed by atoms with Crippen LogP contribution in [-0.2, 0) is 20.9 Å². The van der Waals surface area contributed by atoms with Gasteiger partial charge in [-0.25, -0.2) is 9.59 Å². The SMILES string of the molecule is C=CC(=O)OCc1ccc(N(c2ccc(OC(=O)C=C)cc2)c2ccc(Oc3ccccc3)cc2)cc1. The van der Waals surface area contributed by atoms with Gasteiger partial charge >= 0.3 is 11.9 Å². The first-order valence-corrected chi connectivity index (χ1v) is 11.5. The number of hydrogen-bond donors (Lipinski definition) is 0. The van der Waals surface area contributed by atoms with Gasteiger partial charge in [0.15, 0.2) is 0 Å². The highest BCUT2D eigenvalue weighted by molar-refractivity contribution is 5.84. The van der Waals surface area contributed by atoms with Crippen LogP contribution in [0, 0.1) is 0 Å². The Balaban J connectivity index is 1.62. The third-order valence-electron chi connectivity index (χ3n) is 5.30. The van der Waals surface area contributed by atoms with Gasteiger partial charge in [0, 0.05) is 29.2 Å². The summed E-state index contributed by atoms with van der Waals surface area (Å²) < 4.78 is 16.3. The molecule has 0 aliphatic rings. The number of carbonyl (C=O) groups is 2. The van der Waals surface area contributed by atoms with Crippen molar-refractivity contribution in [1.82, 2.24) is 0 Å². The van der Waals surface area contributed by atoms with Crippen LogP contribution in [0.1, 0.15) is 5.56 Å². The normalized spacial score (nSPS) is 10.2. The van der Waals surface area contributed by atoms with E-state index in [0.29, 0.717) is 11.5 Å². The maximum atomic E-state index is 11.6. The van der Waals surface area contributed by atoms with Crippen molar-refractivity contribution >= 4 is 29.0 Å². The Morgan fingerprint density at radius 1 is 0.622 bits per heavy atom. The van der Waals surface area contributed by atoms with Gasteiger partial charge in [-0.05, 0) is 78.4 Å². The number of anilines is 3. The fraction of sp³-hybridized carbons (Fsp3) is 0.0323. The monoisotopic (exact) mass is 491 g/mol. The molecule has 6 nitrogen and oxygen atoms in total. The molecule has 0 saturated heterocycles. The molecule has 0 bridgehead atoms. The number of hydrogen-bond acceptors (Lipinski definition) is 6. The molecule has 0 radical (unpaired) electrons. The first kappa shape index (κ1) is 25.0. The Kier molecular flexibility index (Phi) is 8.14. The minimum absolute atomic E-state index is 0.153. The van der Waals surface area contributed by atoms with Crippen molar-refractivity contribution in [3.05, 3.63) is 134 Å². The Bertz CT molecular complexity index is 1360. The molecule has 0 atom stereocenters. The second kappa shape index (κ2) is 12.0. The van der Waals surface area contributed by atoms with E-state index in [2.05, 4.69) is 13.2 Å². The molecule has 0 aliphatic heterocycles. The third kappa shape index (κ3) is 6.74. The topological polar surface area (TPSA) is 65.1 Å². The predicted molar refractivity (Wildman–Crippen MR) is 143 cm³/mol. The maximum absolute atomic E-state index is 11.6. The van der Waals surface area contributed by atoms with Gasteiger partial charge in [0.2, 0.25) is 0 Å². The highest BCUT2D eigenvalue weighted by Crippen LogP contribution is 2.36. The fourth-order valence-electron chi connectivity index (χ4n) is 3.51. The van der Waals surface area contributed by atoms with Crippen LogP contribution in [0.5, 0.6) is 17.2 Å². The summed E-state index contributed by atoms with van der Waals surface area (Å²) in [5.74, 6) is 0.886. The Morgan fingerprint density at radius 3 is 1.65 bits per heavy atom. The fourth-order valence-corrected chi connectivity index (χ4v) is 3.51. The lowest BCUT2D eigenvalue weighted by molar-refractivity contribution is -0.139. The van der Waals surface area contributed by atoms with Crippen molar-refractivity contribution in [2.45, 2.75) is 6.61 Å². The highest BCUT2D eigenvalue weighted by Gasteiger charge is 2.14. The average Bonchev–Trinajstić information content (AvgIpc) is 2.95. The zero-order valence-electron chi connectivity index (χ0n) is 20.1. The molecule has 0 N–H and O–H groups in total. The highest BCUT2D eigenvalue weighted by atomic mass is 16.5. The lowest BCUT2D eigenvalue weighted by atomic mass is 10.1. The van der Waals surface area contributed by atoms with Gasteiger partial charge < -0.3 is 19.1 Å². The van der Waals surface area contributed by atoms with E-state index in [-0.39, 0.29) is 6.61 Å². The van der Waals surface area contributed by atoms with Crippen molar-refractivity contribution < 1.29 is 23.8 Å². The second-order valence-corrected chi connectivity index (χ2v) is 7.84. The van der Waals surface area contributed by atoms with E-state index in [1.165, 1.54) is 0 Å². The Hall–Kier alpha value is -5.10. The summed E-state index contributed by atoms with van der Waals surface area (Å²) in [6.45, 7) is 6.99. The summed E-state index contributed by atoms with van der Waals surface area (Å²) >= 11 is 0. The average molecular weight is 492 g/mol. The molecule has 4 aromatic rings. The standard InChI is InChI=1S/C31H25NO5/c1-3-30(33)35-22-23-10-12-24(13-11-23)32(26-16-20-29(21-17-26)37-31(34)4-2)25-14-18-28(19-15-25)36-27-8-6-5-7-9-27/h3-21H,1-2,22H2. The van der Waals surface area contributed by atoms with Crippen LogP contribution in [0.2, 0.25) is 0 Å². The molecule has 0 amide bonds. The van der Waals surface area contributed by atoms with Crippen LogP contribution >= 0.6 is 0 Å². The van der Waals surface area contributed by atoms with E-state index in [4.69, 9.17) is 14.2 Å². The molecular weight excluding hydrogens is 466 g/mol. The van der Waals surface area contributed by atoms with E-state index in [0.717, 1.165) is 40.5 Å². The number of benzene rings is 4. The van der Waals surface area contributed by atoms with Gasteiger partial charge in [-0.1, -0.05) is 43.5 Å². The van der Waals surface area contributed by atoms with Crippen molar-refractivity contribution in [1.29, 1.82) is 0 Å².